The molecule has 28 heavy (non-hydrogen) atoms. The molecule has 2 aromatic rings. The van der Waals surface area contributed by atoms with E-state index in [4.69, 9.17) is 0 Å². The third-order valence-electron chi connectivity index (χ3n) is 4.43. The van der Waals surface area contributed by atoms with Gasteiger partial charge in [0, 0.05) is 12.1 Å². The van der Waals surface area contributed by atoms with Gasteiger partial charge in [0.15, 0.2) is 0 Å². The number of halogens is 1. The van der Waals surface area contributed by atoms with Gasteiger partial charge in [-0.2, -0.15) is 0 Å². The van der Waals surface area contributed by atoms with Crippen LogP contribution in [0.25, 0.3) is 0 Å². The molecule has 0 unspecified atom stereocenters. The minimum atomic E-state index is -0.521. The molecule has 1 heterocycles. The zero-order valence-electron chi connectivity index (χ0n) is 15.2. The maximum atomic E-state index is 13.1. The summed E-state index contributed by atoms with van der Waals surface area (Å²) in [5, 5.41) is 5.45. The fourth-order valence-electron chi connectivity index (χ4n) is 2.99. The second kappa shape index (κ2) is 8.47. The number of carbonyl (C=O) groups is 3. The van der Waals surface area contributed by atoms with Gasteiger partial charge in [0.2, 0.25) is 5.91 Å². The van der Waals surface area contributed by atoms with Crippen LogP contribution in [0, 0.1) is 5.82 Å². The van der Waals surface area contributed by atoms with Crippen LogP contribution in [0.4, 0.5) is 9.18 Å². The van der Waals surface area contributed by atoms with Gasteiger partial charge >= 0.3 is 6.03 Å². The lowest BCUT2D eigenvalue weighted by Crippen LogP contribution is -2.50. The van der Waals surface area contributed by atoms with Crippen LogP contribution in [0.5, 0.6) is 0 Å². The Morgan fingerprint density at radius 1 is 1.25 bits per heavy atom. The van der Waals surface area contributed by atoms with Crippen LogP contribution in [0.3, 0.4) is 0 Å². The van der Waals surface area contributed by atoms with Crippen LogP contribution >= 0.6 is 0 Å². The van der Waals surface area contributed by atoms with E-state index in [1.165, 1.54) is 12.1 Å². The number of hydrogen-bond acceptors (Lipinski definition) is 3. The number of urea groups is 1. The van der Waals surface area contributed by atoms with Gasteiger partial charge in [0.25, 0.3) is 5.91 Å². The van der Waals surface area contributed by atoms with Crippen LogP contribution in [0.1, 0.15) is 33.9 Å². The van der Waals surface area contributed by atoms with E-state index in [1.807, 2.05) is 0 Å². The van der Waals surface area contributed by atoms with E-state index in [1.54, 1.807) is 42.5 Å². The molecular weight excluding hydrogens is 361 g/mol. The van der Waals surface area contributed by atoms with Gasteiger partial charge in [-0.3, -0.25) is 14.5 Å². The first kappa shape index (κ1) is 19.3. The van der Waals surface area contributed by atoms with Gasteiger partial charge < -0.3 is 10.6 Å². The summed E-state index contributed by atoms with van der Waals surface area (Å²) in [4.78, 5) is 38.1. The molecule has 1 saturated heterocycles. The standard InChI is InChI=1S/C21H20FN3O3/c1-2-10-23-20(27)16-5-3-4-14(11-16)13-25-19(26)12-18(24-21(25)28)15-6-8-17(22)9-7-15/h2-9,11,18H,1,10,12-13H2,(H,23,27)(H,24,28)/t18-/m1/s1. The van der Waals surface area contributed by atoms with Crippen molar-refractivity contribution in [3.05, 3.63) is 83.7 Å². The fourth-order valence-corrected chi connectivity index (χ4v) is 2.99. The number of carbonyl (C=O) groups excluding carboxylic acids is 3. The summed E-state index contributed by atoms with van der Waals surface area (Å²) < 4.78 is 13.1. The molecule has 144 valence electrons. The van der Waals surface area contributed by atoms with E-state index >= 15 is 0 Å². The van der Waals surface area contributed by atoms with Crippen LogP contribution in [-0.2, 0) is 11.3 Å². The molecule has 0 aromatic heterocycles. The van der Waals surface area contributed by atoms with E-state index in [0.29, 0.717) is 23.2 Å². The zero-order chi connectivity index (χ0) is 20.1. The van der Waals surface area contributed by atoms with Gasteiger partial charge in [0.1, 0.15) is 5.82 Å². The molecule has 1 fully saturated rings. The molecule has 0 aliphatic carbocycles. The summed E-state index contributed by atoms with van der Waals surface area (Å²) in [7, 11) is 0. The lowest BCUT2D eigenvalue weighted by Gasteiger charge is -2.31. The molecule has 1 aliphatic heterocycles. The van der Waals surface area contributed by atoms with Crippen molar-refractivity contribution in [2.45, 2.75) is 19.0 Å². The third kappa shape index (κ3) is 4.43. The first-order valence-corrected chi connectivity index (χ1v) is 8.82. The molecule has 2 aromatic carbocycles. The number of amides is 4. The van der Waals surface area contributed by atoms with Crippen molar-refractivity contribution in [2.75, 3.05) is 6.54 Å². The first-order chi connectivity index (χ1) is 13.5. The Morgan fingerprint density at radius 3 is 2.68 bits per heavy atom. The Kier molecular flexibility index (Phi) is 5.84. The van der Waals surface area contributed by atoms with Crippen molar-refractivity contribution in [3.63, 3.8) is 0 Å². The summed E-state index contributed by atoms with van der Waals surface area (Å²) in [6.45, 7) is 3.96. The third-order valence-corrected chi connectivity index (χ3v) is 4.43. The number of rotatable bonds is 6. The highest BCUT2D eigenvalue weighted by Gasteiger charge is 2.32. The van der Waals surface area contributed by atoms with Gasteiger partial charge in [-0.1, -0.05) is 30.3 Å². The zero-order valence-corrected chi connectivity index (χ0v) is 15.2. The molecule has 0 saturated carbocycles. The Morgan fingerprint density at radius 2 is 2.00 bits per heavy atom. The SMILES string of the molecule is C=CCNC(=O)c1cccc(CN2C(=O)C[C@H](c3ccc(F)cc3)NC2=O)c1. The second-order valence-corrected chi connectivity index (χ2v) is 6.44. The maximum absolute atomic E-state index is 13.1. The van der Waals surface area contributed by atoms with Crippen LogP contribution in [0.15, 0.2) is 61.2 Å². The quantitative estimate of drug-likeness (QED) is 0.755. The highest BCUT2D eigenvalue weighted by molar-refractivity contribution is 5.97. The molecule has 1 aliphatic rings. The lowest BCUT2D eigenvalue weighted by atomic mass is 10.0. The molecule has 0 spiro atoms. The van der Waals surface area contributed by atoms with Crippen molar-refractivity contribution in [2.24, 2.45) is 0 Å². The topological polar surface area (TPSA) is 78.5 Å². The number of nitrogens with zero attached hydrogens (tertiary/aromatic N) is 1. The highest BCUT2D eigenvalue weighted by Crippen LogP contribution is 2.24. The molecule has 1 atom stereocenters. The van der Waals surface area contributed by atoms with Gasteiger partial charge in [-0.05, 0) is 35.4 Å². The minimum absolute atomic E-state index is 0.0589. The fraction of sp³-hybridized carbons (Fsp3) is 0.190. The molecule has 2 N–H and O–H groups in total. The van der Waals surface area contributed by atoms with E-state index in [9.17, 15) is 18.8 Å². The van der Waals surface area contributed by atoms with E-state index < -0.39 is 12.1 Å². The Hall–Kier alpha value is -3.48. The van der Waals surface area contributed by atoms with E-state index in [0.717, 1.165) is 4.90 Å². The monoisotopic (exact) mass is 381 g/mol. The molecule has 4 amide bonds. The molecule has 3 rings (SSSR count). The molecule has 0 radical (unpaired) electrons. The van der Waals surface area contributed by atoms with Gasteiger partial charge in [-0.15, -0.1) is 6.58 Å². The molecule has 6 nitrogen and oxygen atoms in total. The predicted octanol–water partition coefficient (Wildman–Crippen LogP) is 2.92. The average molecular weight is 381 g/mol. The summed E-state index contributed by atoms with van der Waals surface area (Å²) in [6.07, 6.45) is 1.66. The van der Waals surface area contributed by atoms with Crippen molar-refractivity contribution in [1.29, 1.82) is 0 Å². The maximum Gasteiger partial charge on any atom is 0.324 e. The average Bonchev–Trinajstić information content (AvgIpc) is 2.69. The molecule has 7 heteroatoms. The van der Waals surface area contributed by atoms with Crippen LogP contribution in [0.2, 0.25) is 0 Å². The van der Waals surface area contributed by atoms with Crippen molar-refractivity contribution >= 4 is 17.8 Å². The van der Waals surface area contributed by atoms with Crippen LogP contribution in [-0.4, -0.2) is 29.3 Å². The Bertz CT molecular complexity index is 893. The Balaban J connectivity index is 1.69. The summed E-state index contributed by atoms with van der Waals surface area (Å²) >= 11 is 0. The summed E-state index contributed by atoms with van der Waals surface area (Å²) in [6, 6.07) is 11.4. The van der Waals surface area contributed by atoms with Gasteiger partial charge in [-0.25, -0.2) is 9.18 Å². The van der Waals surface area contributed by atoms with Crippen molar-refractivity contribution in [3.8, 4) is 0 Å². The second-order valence-electron chi connectivity index (χ2n) is 6.44. The van der Waals surface area contributed by atoms with E-state index in [-0.39, 0.29) is 30.6 Å². The van der Waals surface area contributed by atoms with E-state index in [2.05, 4.69) is 17.2 Å². The predicted molar refractivity (Wildman–Crippen MR) is 102 cm³/mol. The Labute approximate surface area is 162 Å². The summed E-state index contributed by atoms with van der Waals surface area (Å²) in [5.41, 5.74) is 1.77. The summed E-state index contributed by atoms with van der Waals surface area (Å²) in [5.74, 6) is -0.969. The minimum Gasteiger partial charge on any atom is -0.349 e. The number of hydrogen-bond donors (Lipinski definition) is 2. The lowest BCUT2D eigenvalue weighted by molar-refractivity contribution is -0.130. The smallest absolute Gasteiger partial charge is 0.324 e. The highest BCUT2D eigenvalue weighted by atomic mass is 19.1. The molecular formula is C21H20FN3O3. The van der Waals surface area contributed by atoms with Gasteiger partial charge in [0.05, 0.1) is 19.0 Å². The van der Waals surface area contributed by atoms with Crippen LogP contribution < -0.4 is 10.6 Å². The number of benzene rings is 2. The molecule has 0 bridgehead atoms. The van der Waals surface area contributed by atoms with Crippen molar-refractivity contribution < 1.29 is 18.8 Å². The first-order valence-electron chi connectivity index (χ1n) is 8.82. The largest absolute Gasteiger partial charge is 0.349 e. The number of nitrogens with one attached hydrogen (secondary N) is 2. The van der Waals surface area contributed by atoms with Crippen molar-refractivity contribution in [1.82, 2.24) is 15.5 Å². The normalized spacial score (nSPS) is 16.5. The number of imide groups is 1.